The molecule has 1 aromatic heterocycles. The first-order valence-electron chi connectivity index (χ1n) is 8.81. The number of benzene rings is 2. The lowest BCUT2D eigenvalue weighted by molar-refractivity contribution is -0.159. The van der Waals surface area contributed by atoms with Crippen molar-refractivity contribution in [3.05, 3.63) is 71.9 Å². The van der Waals surface area contributed by atoms with Gasteiger partial charge in [-0.1, -0.05) is 48.5 Å². The summed E-state index contributed by atoms with van der Waals surface area (Å²) in [4.78, 5) is 24.5. The average molecular weight is 365 g/mol. The van der Waals surface area contributed by atoms with Crippen LogP contribution in [0.3, 0.4) is 0 Å². The van der Waals surface area contributed by atoms with Crippen molar-refractivity contribution in [3.63, 3.8) is 0 Å². The van der Waals surface area contributed by atoms with E-state index in [1.807, 2.05) is 49.5 Å². The van der Waals surface area contributed by atoms with Crippen LogP contribution in [0.4, 0.5) is 0 Å². The number of carbonyl (C=O) groups is 2. The highest BCUT2D eigenvalue weighted by Gasteiger charge is 2.33. The number of aromatic nitrogens is 1. The Hall–Kier alpha value is -3.08. The van der Waals surface area contributed by atoms with Gasteiger partial charge in [0.1, 0.15) is 0 Å². The van der Waals surface area contributed by atoms with Crippen molar-refractivity contribution in [3.8, 4) is 0 Å². The topological polar surface area (TPSA) is 57.5 Å². The van der Waals surface area contributed by atoms with Crippen LogP contribution in [0.5, 0.6) is 0 Å². The average Bonchev–Trinajstić information content (AvgIpc) is 3.05. The number of methoxy groups -OCH3 is 2. The van der Waals surface area contributed by atoms with Crippen LogP contribution in [0.2, 0.25) is 0 Å². The second-order valence-corrected chi connectivity index (χ2v) is 6.51. The van der Waals surface area contributed by atoms with Gasteiger partial charge in [-0.2, -0.15) is 0 Å². The van der Waals surface area contributed by atoms with Crippen LogP contribution in [0.25, 0.3) is 10.9 Å². The van der Waals surface area contributed by atoms with Crippen LogP contribution in [0.1, 0.15) is 23.5 Å². The second kappa shape index (κ2) is 8.08. The second-order valence-electron chi connectivity index (χ2n) is 6.51. The van der Waals surface area contributed by atoms with Gasteiger partial charge >= 0.3 is 11.9 Å². The van der Waals surface area contributed by atoms with Crippen LogP contribution in [-0.2, 0) is 26.1 Å². The van der Waals surface area contributed by atoms with Crippen LogP contribution in [0, 0.1) is 5.92 Å². The fraction of sp³-hybridized carbons (Fsp3) is 0.273. The number of hydrogen-bond acceptors (Lipinski definition) is 4. The van der Waals surface area contributed by atoms with Gasteiger partial charge in [0.2, 0.25) is 0 Å². The van der Waals surface area contributed by atoms with Gasteiger partial charge in [-0.3, -0.25) is 9.59 Å². The largest absolute Gasteiger partial charge is 0.468 e. The minimum atomic E-state index is -0.982. The molecule has 0 spiro atoms. The fourth-order valence-electron chi connectivity index (χ4n) is 3.59. The van der Waals surface area contributed by atoms with Crippen molar-refractivity contribution in [1.29, 1.82) is 0 Å². The highest BCUT2D eigenvalue weighted by atomic mass is 16.5. The maximum atomic E-state index is 12.3. The van der Waals surface area contributed by atoms with Crippen molar-refractivity contribution in [2.45, 2.75) is 12.3 Å². The number of hydrogen-bond donors (Lipinski definition) is 0. The highest BCUT2D eigenvalue weighted by Crippen LogP contribution is 2.36. The van der Waals surface area contributed by atoms with Crippen LogP contribution in [0.15, 0.2) is 60.8 Å². The maximum Gasteiger partial charge on any atom is 0.320 e. The van der Waals surface area contributed by atoms with E-state index >= 15 is 0 Å². The molecular weight excluding hydrogens is 342 g/mol. The Kier molecular flexibility index (Phi) is 5.60. The van der Waals surface area contributed by atoms with Gasteiger partial charge in [-0.15, -0.1) is 0 Å². The molecule has 140 valence electrons. The molecule has 3 rings (SSSR count). The molecule has 1 heterocycles. The van der Waals surface area contributed by atoms with Gasteiger partial charge in [0, 0.05) is 30.1 Å². The molecule has 5 heteroatoms. The Morgan fingerprint density at radius 3 is 2.15 bits per heavy atom. The Bertz CT molecular complexity index is 929. The molecule has 0 saturated heterocycles. The molecular formula is C22H23NO4. The zero-order valence-corrected chi connectivity index (χ0v) is 15.7. The third-order valence-electron chi connectivity index (χ3n) is 4.95. The van der Waals surface area contributed by atoms with E-state index in [1.54, 1.807) is 0 Å². The number of rotatable bonds is 6. The van der Waals surface area contributed by atoms with Crippen molar-refractivity contribution >= 4 is 22.8 Å². The van der Waals surface area contributed by atoms with E-state index in [4.69, 9.17) is 9.47 Å². The molecule has 3 aromatic rings. The minimum Gasteiger partial charge on any atom is -0.468 e. The van der Waals surface area contributed by atoms with Crippen molar-refractivity contribution in [1.82, 2.24) is 4.57 Å². The number of nitrogens with zero attached hydrogens (tertiary/aromatic N) is 1. The van der Waals surface area contributed by atoms with E-state index in [-0.39, 0.29) is 12.3 Å². The van der Waals surface area contributed by atoms with Gasteiger partial charge < -0.3 is 14.0 Å². The lowest BCUT2D eigenvalue weighted by atomic mass is 9.83. The van der Waals surface area contributed by atoms with E-state index < -0.39 is 17.9 Å². The quantitative estimate of drug-likeness (QED) is 0.494. The van der Waals surface area contributed by atoms with Gasteiger partial charge in [0.15, 0.2) is 5.92 Å². The summed E-state index contributed by atoms with van der Waals surface area (Å²) in [6.45, 7) is 0. The van der Waals surface area contributed by atoms with E-state index in [9.17, 15) is 9.59 Å². The van der Waals surface area contributed by atoms with Crippen LogP contribution >= 0.6 is 0 Å². The normalized spacial score (nSPS) is 12.1. The summed E-state index contributed by atoms with van der Waals surface area (Å²) in [6.07, 6.45) is 2.34. The van der Waals surface area contributed by atoms with Gasteiger partial charge in [0.25, 0.3) is 0 Å². The minimum absolute atomic E-state index is 0.152. The molecule has 2 aromatic carbocycles. The first kappa shape index (κ1) is 18.7. The number of carbonyl (C=O) groups excluding carboxylic acids is 2. The smallest absolute Gasteiger partial charge is 0.320 e. The van der Waals surface area contributed by atoms with Gasteiger partial charge in [-0.25, -0.2) is 0 Å². The first-order chi connectivity index (χ1) is 13.1. The lowest BCUT2D eigenvalue weighted by Crippen LogP contribution is -2.28. The summed E-state index contributed by atoms with van der Waals surface area (Å²) in [5.41, 5.74) is 3.20. The summed E-state index contributed by atoms with van der Waals surface area (Å²) in [6, 6.07) is 18.0. The molecule has 0 amide bonds. The monoisotopic (exact) mass is 365 g/mol. The number of fused-ring (bicyclic) bond motifs is 1. The molecule has 0 saturated carbocycles. The predicted molar refractivity (Wildman–Crippen MR) is 103 cm³/mol. The molecule has 0 N–H and O–H groups in total. The first-order valence-corrected chi connectivity index (χ1v) is 8.81. The standard InChI is InChI=1S/C22H23NO4/c1-23-14-19(16-11-7-8-12-20(16)23)17(15-9-5-4-6-10-15)13-18(21(24)26-2)22(25)27-3/h4-12,14,17-18H,13H2,1-3H3. The van der Waals surface area contributed by atoms with Gasteiger partial charge in [0.05, 0.1) is 14.2 Å². The molecule has 27 heavy (non-hydrogen) atoms. The fourth-order valence-corrected chi connectivity index (χ4v) is 3.59. The molecule has 0 aliphatic heterocycles. The Balaban J connectivity index is 2.12. The Morgan fingerprint density at radius 2 is 1.52 bits per heavy atom. The summed E-state index contributed by atoms with van der Waals surface area (Å²) in [7, 11) is 4.56. The summed E-state index contributed by atoms with van der Waals surface area (Å²) < 4.78 is 11.8. The number of ether oxygens (including phenoxy) is 2. The lowest BCUT2D eigenvalue weighted by Gasteiger charge is -2.21. The van der Waals surface area contributed by atoms with E-state index in [2.05, 4.69) is 22.9 Å². The third-order valence-corrected chi connectivity index (χ3v) is 4.95. The third kappa shape index (κ3) is 3.72. The highest BCUT2D eigenvalue weighted by molar-refractivity contribution is 5.95. The van der Waals surface area contributed by atoms with Crippen molar-refractivity contribution in [2.24, 2.45) is 13.0 Å². The Labute approximate surface area is 158 Å². The number of esters is 2. The summed E-state index contributed by atoms with van der Waals surface area (Å²) in [5.74, 6) is -2.30. The number of para-hydroxylation sites is 1. The van der Waals surface area contributed by atoms with Crippen LogP contribution < -0.4 is 0 Å². The predicted octanol–water partition coefficient (Wildman–Crippen LogP) is 3.66. The van der Waals surface area contributed by atoms with E-state index in [1.165, 1.54) is 14.2 Å². The molecule has 5 nitrogen and oxygen atoms in total. The summed E-state index contributed by atoms with van der Waals surface area (Å²) in [5, 5.41) is 1.10. The van der Waals surface area contributed by atoms with E-state index in [0.717, 1.165) is 22.0 Å². The number of aryl methyl sites for hydroxylation is 1. The SMILES string of the molecule is COC(=O)C(CC(c1ccccc1)c1cn(C)c2ccccc12)C(=O)OC. The zero-order valence-electron chi connectivity index (χ0n) is 15.7. The molecule has 0 aliphatic rings. The van der Waals surface area contributed by atoms with Crippen LogP contribution in [-0.4, -0.2) is 30.7 Å². The zero-order chi connectivity index (χ0) is 19.4. The van der Waals surface area contributed by atoms with Crippen molar-refractivity contribution < 1.29 is 19.1 Å². The maximum absolute atomic E-state index is 12.3. The molecule has 1 unspecified atom stereocenters. The molecule has 0 aliphatic carbocycles. The molecule has 0 radical (unpaired) electrons. The summed E-state index contributed by atoms with van der Waals surface area (Å²) >= 11 is 0. The Morgan fingerprint density at radius 1 is 0.926 bits per heavy atom. The molecule has 1 atom stereocenters. The van der Waals surface area contributed by atoms with Crippen molar-refractivity contribution in [2.75, 3.05) is 14.2 Å². The van der Waals surface area contributed by atoms with E-state index in [0.29, 0.717) is 0 Å². The molecule has 0 fully saturated rings. The molecule has 0 bridgehead atoms. The van der Waals surface area contributed by atoms with Gasteiger partial charge in [-0.05, 0) is 23.6 Å².